The molecule has 20 heavy (non-hydrogen) atoms. The van der Waals surface area contributed by atoms with Crippen LogP contribution in [0.1, 0.15) is 16.7 Å². The van der Waals surface area contributed by atoms with Crippen LogP contribution in [0.4, 0.5) is 0 Å². The summed E-state index contributed by atoms with van der Waals surface area (Å²) in [6.45, 7) is 3.57. The Labute approximate surface area is 125 Å². The number of allylic oxidation sites excluding steroid dienone is 1. The second kappa shape index (κ2) is 5.63. The summed E-state index contributed by atoms with van der Waals surface area (Å²) in [6.07, 6.45) is 3.19. The molecule has 2 rings (SSSR count). The zero-order chi connectivity index (χ0) is 14.9. The van der Waals surface area contributed by atoms with Crippen molar-refractivity contribution in [1.29, 1.82) is 0 Å². The fourth-order valence-corrected chi connectivity index (χ4v) is 2.37. The molecule has 0 aliphatic heterocycles. The first-order valence-corrected chi connectivity index (χ1v) is 6.46. The van der Waals surface area contributed by atoms with Crippen LogP contribution in [0.15, 0.2) is 24.5 Å². The van der Waals surface area contributed by atoms with Gasteiger partial charge in [0, 0.05) is 11.8 Å². The van der Waals surface area contributed by atoms with Crippen molar-refractivity contribution >= 4 is 40.0 Å². The van der Waals surface area contributed by atoms with Crippen molar-refractivity contribution in [1.82, 2.24) is 9.78 Å². The molecule has 0 N–H and O–H groups in total. The molecule has 0 saturated carbocycles. The van der Waals surface area contributed by atoms with E-state index in [0.717, 1.165) is 16.8 Å². The predicted octanol–water partition coefficient (Wildman–Crippen LogP) is 3.12. The molecular weight excluding hydrogens is 299 g/mol. The summed E-state index contributed by atoms with van der Waals surface area (Å²) in [5.74, 6) is 1.60. The van der Waals surface area contributed by atoms with Gasteiger partial charge in [-0.15, -0.1) is 0 Å². The topological polar surface area (TPSA) is 52.0 Å². The van der Waals surface area contributed by atoms with Crippen LogP contribution in [-0.4, -0.2) is 21.0 Å². The van der Waals surface area contributed by atoms with Gasteiger partial charge in [-0.05, 0) is 48.7 Å². The number of aryl methyl sites for hydroxylation is 2. The highest BCUT2D eigenvalue weighted by Gasteiger charge is 2.17. The number of benzene rings is 1. The van der Waals surface area contributed by atoms with Gasteiger partial charge in [0.1, 0.15) is 11.5 Å². The molecule has 0 atom stereocenters. The summed E-state index contributed by atoms with van der Waals surface area (Å²) in [5, 5.41) is 3.81. The van der Waals surface area contributed by atoms with Gasteiger partial charge < -0.3 is 0 Å². The van der Waals surface area contributed by atoms with Crippen LogP contribution < -0.4 is 0 Å². The highest BCUT2D eigenvalue weighted by Crippen LogP contribution is 2.26. The van der Waals surface area contributed by atoms with E-state index in [0.29, 0.717) is 10.6 Å². The summed E-state index contributed by atoms with van der Waals surface area (Å²) in [4.78, 5) is 22.2. The minimum absolute atomic E-state index is 0.160. The number of rotatable bonds is 3. The maximum absolute atomic E-state index is 11.3. The molecule has 0 saturated heterocycles. The van der Waals surface area contributed by atoms with E-state index in [1.54, 1.807) is 42.8 Å². The van der Waals surface area contributed by atoms with Crippen LogP contribution >= 0.6 is 23.2 Å². The van der Waals surface area contributed by atoms with Crippen molar-refractivity contribution < 1.29 is 9.59 Å². The van der Waals surface area contributed by atoms with E-state index in [9.17, 15) is 9.59 Å². The Morgan fingerprint density at radius 3 is 2.30 bits per heavy atom. The van der Waals surface area contributed by atoms with Crippen molar-refractivity contribution in [3.63, 3.8) is 0 Å². The number of carbonyl (C=O) groups is 1. The summed E-state index contributed by atoms with van der Waals surface area (Å²) in [6, 6.07) is 3.59. The first kappa shape index (κ1) is 14.5. The molecule has 1 aromatic carbocycles. The quantitative estimate of drug-likeness (QED) is 0.497. The number of nitrogens with zero attached hydrogens (tertiary/aromatic N) is 2. The minimum atomic E-state index is -0.818. The van der Waals surface area contributed by atoms with Gasteiger partial charge >= 0.3 is 0 Å². The van der Waals surface area contributed by atoms with Gasteiger partial charge in [0.2, 0.25) is 0 Å². The lowest BCUT2D eigenvalue weighted by molar-refractivity contribution is -0.106. The Balaban J connectivity index is 2.60. The second-order valence-electron chi connectivity index (χ2n) is 4.31. The van der Waals surface area contributed by atoms with Gasteiger partial charge in [-0.3, -0.25) is 4.79 Å². The summed E-state index contributed by atoms with van der Waals surface area (Å²) in [5.41, 5.74) is 2.59. The maximum atomic E-state index is 11.3. The lowest BCUT2D eigenvalue weighted by atomic mass is 9.96. The molecule has 0 aliphatic rings. The summed E-state index contributed by atoms with van der Waals surface area (Å²) >= 11 is 11.2. The summed E-state index contributed by atoms with van der Waals surface area (Å²) < 4.78 is 1.61. The molecule has 0 fully saturated rings. The largest absolute Gasteiger partial charge is 0.275 e. The van der Waals surface area contributed by atoms with E-state index in [-0.39, 0.29) is 5.57 Å². The third-order valence-corrected chi connectivity index (χ3v) is 3.27. The van der Waals surface area contributed by atoms with Crippen LogP contribution in [0.25, 0.3) is 11.3 Å². The highest BCUT2D eigenvalue weighted by molar-refractivity contribution is 6.75. The Hall–Kier alpha value is -1.87. The third-order valence-electron chi connectivity index (χ3n) is 2.88. The van der Waals surface area contributed by atoms with Crippen molar-refractivity contribution in [2.75, 3.05) is 0 Å². The molecule has 1 heterocycles. The fraction of sp³-hybridized carbons (Fsp3) is 0.143. The van der Waals surface area contributed by atoms with Crippen molar-refractivity contribution in [3.05, 3.63) is 46.2 Å². The van der Waals surface area contributed by atoms with E-state index in [4.69, 9.17) is 23.2 Å². The lowest BCUT2D eigenvalue weighted by Crippen LogP contribution is -2.03. The number of aromatic nitrogens is 2. The molecule has 0 aliphatic carbocycles. The second-order valence-corrected chi connectivity index (χ2v) is 5.09. The Kier molecular flexibility index (Phi) is 4.09. The van der Waals surface area contributed by atoms with Gasteiger partial charge in [-0.1, -0.05) is 11.6 Å². The summed E-state index contributed by atoms with van der Waals surface area (Å²) in [7, 11) is 0. The van der Waals surface area contributed by atoms with Gasteiger partial charge in [0.05, 0.1) is 16.9 Å². The molecule has 102 valence electrons. The molecule has 2 aromatic rings. The molecular formula is C14H10Cl2N2O2. The van der Waals surface area contributed by atoms with Gasteiger partial charge in [-0.25, -0.2) is 9.48 Å². The van der Waals surface area contributed by atoms with Gasteiger partial charge in [0.15, 0.2) is 0 Å². The molecule has 0 amide bonds. The molecule has 1 aromatic heterocycles. The standard InChI is InChI=1S/C14H10Cl2N2O2/c1-8-3-11(18-6-10(15)5-17-18)4-9(2)13(8)12(7-19)14(16)20/h3-6H,1-2H3. The van der Waals surface area contributed by atoms with Gasteiger partial charge in [-0.2, -0.15) is 5.10 Å². The smallest absolute Gasteiger partial charge is 0.264 e. The zero-order valence-electron chi connectivity index (χ0n) is 10.8. The predicted molar refractivity (Wildman–Crippen MR) is 78.0 cm³/mol. The Bertz CT molecular complexity index is 720. The zero-order valence-corrected chi connectivity index (χ0v) is 12.3. The van der Waals surface area contributed by atoms with Crippen molar-refractivity contribution in [2.45, 2.75) is 13.8 Å². The van der Waals surface area contributed by atoms with Gasteiger partial charge in [0.25, 0.3) is 5.24 Å². The lowest BCUT2D eigenvalue weighted by Gasteiger charge is -2.11. The van der Waals surface area contributed by atoms with E-state index < -0.39 is 5.24 Å². The normalized spacial score (nSPS) is 10.2. The number of hydrogen-bond acceptors (Lipinski definition) is 3. The Morgan fingerprint density at radius 2 is 1.90 bits per heavy atom. The maximum Gasteiger partial charge on any atom is 0.264 e. The van der Waals surface area contributed by atoms with Crippen LogP contribution in [0, 0.1) is 13.8 Å². The van der Waals surface area contributed by atoms with Crippen LogP contribution in [0.2, 0.25) is 5.02 Å². The van der Waals surface area contributed by atoms with E-state index >= 15 is 0 Å². The molecule has 6 heteroatoms. The number of carbonyl (C=O) groups excluding carboxylic acids is 2. The Morgan fingerprint density at radius 1 is 1.30 bits per heavy atom. The average molecular weight is 309 g/mol. The minimum Gasteiger partial charge on any atom is -0.275 e. The van der Waals surface area contributed by atoms with Crippen LogP contribution in [-0.2, 0) is 9.59 Å². The number of hydrogen-bond donors (Lipinski definition) is 0. The van der Waals surface area contributed by atoms with Crippen molar-refractivity contribution in [3.8, 4) is 5.69 Å². The van der Waals surface area contributed by atoms with Crippen LogP contribution in [0.5, 0.6) is 0 Å². The van der Waals surface area contributed by atoms with Crippen molar-refractivity contribution in [2.24, 2.45) is 0 Å². The average Bonchev–Trinajstić information content (AvgIpc) is 2.79. The van der Waals surface area contributed by atoms with E-state index in [2.05, 4.69) is 5.10 Å². The third kappa shape index (κ3) is 2.68. The fourth-order valence-electron chi connectivity index (χ4n) is 2.10. The van der Waals surface area contributed by atoms with Crippen LogP contribution in [0.3, 0.4) is 0 Å². The highest BCUT2D eigenvalue weighted by atomic mass is 35.5. The molecule has 4 nitrogen and oxygen atoms in total. The first-order valence-electron chi connectivity index (χ1n) is 5.71. The monoisotopic (exact) mass is 308 g/mol. The molecule has 0 spiro atoms. The molecule has 0 radical (unpaired) electrons. The van der Waals surface area contributed by atoms with E-state index in [1.165, 1.54) is 6.20 Å². The number of halogens is 2. The first-order chi connectivity index (χ1) is 9.43. The van der Waals surface area contributed by atoms with E-state index in [1.807, 2.05) is 0 Å². The molecule has 0 bridgehead atoms. The SMILES string of the molecule is Cc1cc(-n2cc(Cl)cn2)cc(C)c1C(=C=O)C(=O)Cl. The molecule has 0 unspecified atom stereocenters.